The molecule has 1 amide bonds. The number of amides is 1. The Bertz CT molecular complexity index is 1140. The first-order valence-corrected chi connectivity index (χ1v) is 8.53. The third-order valence-electron chi connectivity index (χ3n) is 3.99. The minimum Gasteiger partial charge on any atom is -0.309 e. The second kappa shape index (κ2) is 7.55. The van der Waals surface area contributed by atoms with E-state index in [4.69, 9.17) is 5.26 Å². The first-order valence-electron chi connectivity index (χ1n) is 8.53. The third kappa shape index (κ3) is 3.64. The van der Waals surface area contributed by atoms with Gasteiger partial charge in [-0.15, -0.1) is 5.10 Å². The molecule has 4 rings (SSSR count). The molecule has 0 atom stereocenters. The van der Waals surface area contributed by atoms with Gasteiger partial charge in [0, 0.05) is 11.6 Å². The molecule has 0 unspecified atom stereocenters. The van der Waals surface area contributed by atoms with Gasteiger partial charge in [0.15, 0.2) is 0 Å². The van der Waals surface area contributed by atoms with E-state index >= 15 is 0 Å². The highest BCUT2D eigenvalue weighted by Crippen LogP contribution is 2.24. The van der Waals surface area contributed by atoms with Crippen LogP contribution in [0.3, 0.4) is 0 Å². The summed E-state index contributed by atoms with van der Waals surface area (Å²) in [7, 11) is 0. The molecule has 0 aliphatic carbocycles. The van der Waals surface area contributed by atoms with Gasteiger partial charge in [-0.25, -0.2) is 14.3 Å². The number of rotatable bonds is 5. The lowest BCUT2D eigenvalue weighted by molar-refractivity contribution is -0.116. The molecular formula is C20H15N7O. The van der Waals surface area contributed by atoms with Gasteiger partial charge in [-0.3, -0.25) is 4.79 Å². The highest BCUT2D eigenvalue weighted by atomic mass is 16.2. The fourth-order valence-electron chi connectivity index (χ4n) is 2.74. The normalized spacial score (nSPS) is 10.4. The molecule has 8 nitrogen and oxygen atoms in total. The van der Waals surface area contributed by atoms with Crippen molar-refractivity contribution in [3.63, 3.8) is 0 Å². The van der Waals surface area contributed by atoms with Crippen molar-refractivity contribution in [1.29, 1.82) is 5.26 Å². The quantitative estimate of drug-likeness (QED) is 0.583. The van der Waals surface area contributed by atoms with Crippen molar-refractivity contribution in [2.75, 3.05) is 5.32 Å². The third-order valence-corrected chi connectivity index (χ3v) is 3.99. The summed E-state index contributed by atoms with van der Waals surface area (Å²) in [5, 5.41) is 20.2. The Morgan fingerprint density at radius 3 is 2.43 bits per heavy atom. The van der Waals surface area contributed by atoms with Gasteiger partial charge in [0.2, 0.25) is 5.91 Å². The van der Waals surface area contributed by atoms with Crippen LogP contribution in [0, 0.1) is 11.3 Å². The Morgan fingerprint density at radius 2 is 1.75 bits per heavy atom. The first kappa shape index (κ1) is 17.2. The monoisotopic (exact) mass is 369 g/mol. The highest BCUT2D eigenvalue weighted by molar-refractivity contribution is 5.90. The summed E-state index contributed by atoms with van der Waals surface area (Å²) >= 11 is 0. The molecule has 2 heterocycles. The summed E-state index contributed by atoms with van der Waals surface area (Å²) < 4.78 is 3.00. The van der Waals surface area contributed by atoms with E-state index in [1.165, 1.54) is 11.0 Å². The smallest absolute Gasteiger partial charge is 0.252 e. The van der Waals surface area contributed by atoms with Crippen LogP contribution in [0.2, 0.25) is 0 Å². The summed E-state index contributed by atoms with van der Waals surface area (Å²) in [5.41, 5.74) is 2.52. The number of carbonyl (C=O) groups excluding carboxylic acids is 1. The lowest BCUT2D eigenvalue weighted by atomic mass is 10.2. The van der Waals surface area contributed by atoms with E-state index in [0.29, 0.717) is 5.82 Å². The summed E-state index contributed by atoms with van der Waals surface area (Å²) in [6.07, 6.45) is 1.35. The average molecular weight is 369 g/mol. The molecule has 1 N–H and O–H groups in total. The second-order valence-electron chi connectivity index (χ2n) is 5.95. The molecule has 0 saturated carbocycles. The van der Waals surface area contributed by atoms with E-state index in [1.54, 1.807) is 4.68 Å². The SMILES string of the molecule is N#Cc1ncn(CC(=O)Nc2cc(-c3ccccc3)nn2-c2ccccc2)n1. The molecule has 136 valence electrons. The Kier molecular flexibility index (Phi) is 4.63. The number of aromatic nitrogens is 5. The molecule has 0 bridgehead atoms. The second-order valence-corrected chi connectivity index (χ2v) is 5.95. The number of benzene rings is 2. The number of nitrogens with zero attached hydrogens (tertiary/aromatic N) is 6. The number of hydrogen-bond acceptors (Lipinski definition) is 5. The zero-order valence-corrected chi connectivity index (χ0v) is 14.7. The predicted molar refractivity (Wildman–Crippen MR) is 102 cm³/mol. The summed E-state index contributed by atoms with van der Waals surface area (Å²) in [4.78, 5) is 16.3. The summed E-state index contributed by atoms with van der Waals surface area (Å²) in [6, 6.07) is 22.9. The fraction of sp³-hybridized carbons (Fsp3) is 0.0500. The lowest BCUT2D eigenvalue weighted by Gasteiger charge is -2.08. The van der Waals surface area contributed by atoms with E-state index < -0.39 is 0 Å². The van der Waals surface area contributed by atoms with Crippen molar-refractivity contribution in [2.24, 2.45) is 0 Å². The van der Waals surface area contributed by atoms with Crippen molar-refractivity contribution < 1.29 is 4.79 Å². The van der Waals surface area contributed by atoms with Crippen LogP contribution in [-0.4, -0.2) is 30.5 Å². The summed E-state index contributed by atoms with van der Waals surface area (Å²) in [6.45, 7) is -0.0602. The van der Waals surface area contributed by atoms with Gasteiger partial charge in [0.05, 0.1) is 11.4 Å². The average Bonchev–Trinajstić information content (AvgIpc) is 3.36. The Balaban J connectivity index is 1.64. The van der Waals surface area contributed by atoms with Crippen LogP contribution < -0.4 is 5.32 Å². The maximum Gasteiger partial charge on any atom is 0.252 e. The summed E-state index contributed by atoms with van der Waals surface area (Å²) in [5.74, 6) is 0.259. The first-order chi connectivity index (χ1) is 13.7. The molecule has 8 heteroatoms. The number of hydrogen-bond donors (Lipinski definition) is 1. The number of nitrogens with one attached hydrogen (secondary N) is 1. The van der Waals surface area contributed by atoms with E-state index in [2.05, 4.69) is 20.5 Å². The predicted octanol–water partition coefficient (Wildman–Crippen LogP) is 2.64. The number of anilines is 1. The topological polar surface area (TPSA) is 101 Å². The molecule has 0 spiro atoms. The Labute approximate surface area is 160 Å². The molecule has 28 heavy (non-hydrogen) atoms. The van der Waals surface area contributed by atoms with Crippen LogP contribution in [0.1, 0.15) is 5.82 Å². The molecular weight excluding hydrogens is 354 g/mol. The van der Waals surface area contributed by atoms with Crippen LogP contribution in [0.4, 0.5) is 5.82 Å². The number of para-hydroxylation sites is 1. The van der Waals surface area contributed by atoms with Gasteiger partial charge in [-0.1, -0.05) is 48.5 Å². The van der Waals surface area contributed by atoms with Crippen molar-refractivity contribution in [3.8, 4) is 23.0 Å². The maximum atomic E-state index is 12.5. The van der Waals surface area contributed by atoms with Gasteiger partial charge >= 0.3 is 0 Å². The highest BCUT2D eigenvalue weighted by Gasteiger charge is 2.14. The molecule has 0 radical (unpaired) electrons. The van der Waals surface area contributed by atoms with Crippen LogP contribution >= 0.6 is 0 Å². The largest absolute Gasteiger partial charge is 0.309 e. The molecule has 0 aliphatic rings. The Morgan fingerprint density at radius 1 is 1.04 bits per heavy atom. The molecule has 4 aromatic rings. The zero-order valence-electron chi connectivity index (χ0n) is 14.7. The maximum absolute atomic E-state index is 12.5. The molecule has 0 aliphatic heterocycles. The van der Waals surface area contributed by atoms with Gasteiger partial charge in [-0.2, -0.15) is 10.4 Å². The van der Waals surface area contributed by atoms with Crippen LogP contribution in [0.25, 0.3) is 16.9 Å². The zero-order chi connectivity index (χ0) is 19.3. The van der Waals surface area contributed by atoms with Gasteiger partial charge in [-0.05, 0) is 12.1 Å². The van der Waals surface area contributed by atoms with Crippen molar-refractivity contribution in [3.05, 3.63) is 78.9 Å². The van der Waals surface area contributed by atoms with E-state index in [9.17, 15) is 4.79 Å². The van der Waals surface area contributed by atoms with Gasteiger partial charge in [0.1, 0.15) is 24.8 Å². The van der Waals surface area contributed by atoms with Gasteiger partial charge < -0.3 is 5.32 Å². The number of carbonyl (C=O) groups is 1. The molecule has 0 saturated heterocycles. The minimum atomic E-state index is -0.300. The van der Waals surface area contributed by atoms with Crippen LogP contribution in [0.15, 0.2) is 73.1 Å². The fourth-order valence-corrected chi connectivity index (χ4v) is 2.74. The van der Waals surface area contributed by atoms with Gasteiger partial charge in [0.25, 0.3) is 5.82 Å². The number of nitriles is 1. The Hall–Kier alpha value is -4.25. The van der Waals surface area contributed by atoms with Crippen LogP contribution in [0.5, 0.6) is 0 Å². The lowest BCUT2D eigenvalue weighted by Crippen LogP contribution is -2.21. The van der Waals surface area contributed by atoms with Crippen molar-refractivity contribution in [2.45, 2.75) is 6.54 Å². The van der Waals surface area contributed by atoms with E-state index in [-0.39, 0.29) is 18.3 Å². The molecule has 0 fully saturated rings. The van der Waals surface area contributed by atoms with E-state index in [1.807, 2.05) is 72.8 Å². The van der Waals surface area contributed by atoms with Crippen molar-refractivity contribution in [1.82, 2.24) is 24.5 Å². The van der Waals surface area contributed by atoms with Crippen molar-refractivity contribution >= 4 is 11.7 Å². The standard InChI is InChI=1S/C20H15N7O/c21-12-18-22-14-26(25-18)13-20(28)23-19-11-17(15-7-3-1-4-8-15)24-27(19)16-9-5-2-6-10-16/h1-11,14H,13H2,(H,23,28). The van der Waals surface area contributed by atoms with Crippen LogP contribution in [-0.2, 0) is 11.3 Å². The van der Waals surface area contributed by atoms with E-state index in [0.717, 1.165) is 16.9 Å². The molecule has 2 aromatic heterocycles. The minimum absolute atomic E-state index is 0.0218. The molecule has 2 aromatic carbocycles.